The van der Waals surface area contributed by atoms with Gasteiger partial charge in [-0.25, -0.2) is 0 Å². The maximum absolute atomic E-state index is 12.2. The number of likely N-dealkylation sites (tertiary alicyclic amines) is 1. The average molecular weight is 255 g/mol. The van der Waals surface area contributed by atoms with Crippen molar-refractivity contribution in [2.24, 2.45) is 17.3 Å². The molecule has 0 aromatic carbocycles. The molecule has 0 aliphatic carbocycles. The van der Waals surface area contributed by atoms with Gasteiger partial charge in [0.2, 0.25) is 11.8 Å². The molecule has 1 rings (SSSR count). The third-order valence-electron chi connectivity index (χ3n) is 4.59. The molecule has 1 aliphatic rings. The van der Waals surface area contributed by atoms with Gasteiger partial charge in [-0.2, -0.15) is 0 Å². The second kappa shape index (κ2) is 4.07. The third kappa shape index (κ3) is 1.72. The summed E-state index contributed by atoms with van der Waals surface area (Å²) in [5, 5.41) is 9.29. The zero-order valence-corrected chi connectivity index (χ0v) is 11.8. The van der Waals surface area contributed by atoms with Crippen molar-refractivity contribution in [3.05, 3.63) is 0 Å². The molecule has 0 radical (unpaired) electrons. The van der Waals surface area contributed by atoms with Gasteiger partial charge in [0.25, 0.3) is 0 Å². The highest BCUT2D eigenvalue weighted by atomic mass is 16.4. The molecule has 1 heterocycles. The highest BCUT2D eigenvalue weighted by Gasteiger charge is 2.56. The van der Waals surface area contributed by atoms with Crippen molar-refractivity contribution >= 4 is 17.8 Å². The van der Waals surface area contributed by atoms with E-state index in [9.17, 15) is 19.5 Å². The molecule has 2 unspecified atom stereocenters. The maximum atomic E-state index is 12.2. The molecule has 5 nitrogen and oxygen atoms in total. The van der Waals surface area contributed by atoms with Gasteiger partial charge in [0.15, 0.2) is 0 Å². The van der Waals surface area contributed by atoms with Crippen LogP contribution in [0.15, 0.2) is 0 Å². The Morgan fingerprint density at radius 2 is 1.39 bits per heavy atom. The third-order valence-corrected chi connectivity index (χ3v) is 4.59. The fourth-order valence-corrected chi connectivity index (χ4v) is 2.04. The molecular formula is C13H21NO4. The van der Waals surface area contributed by atoms with Gasteiger partial charge in [-0.3, -0.25) is 19.3 Å². The van der Waals surface area contributed by atoms with E-state index in [0.717, 1.165) is 4.90 Å². The quantitative estimate of drug-likeness (QED) is 0.776. The second-order valence-corrected chi connectivity index (χ2v) is 6.08. The molecule has 1 fully saturated rings. The highest BCUT2D eigenvalue weighted by molar-refractivity contribution is 6.06. The van der Waals surface area contributed by atoms with Crippen LogP contribution >= 0.6 is 0 Å². The van der Waals surface area contributed by atoms with E-state index in [1.807, 2.05) is 0 Å². The minimum absolute atomic E-state index is 0.285. The normalized spacial score (nSPS) is 25.8. The second-order valence-electron chi connectivity index (χ2n) is 6.08. The van der Waals surface area contributed by atoms with Gasteiger partial charge >= 0.3 is 5.97 Å². The Bertz CT molecular complexity index is 391. The molecule has 0 aromatic heterocycles. The topological polar surface area (TPSA) is 74.7 Å². The number of hydrogen-bond donors (Lipinski definition) is 1. The monoisotopic (exact) mass is 255 g/mol. The van der Waals surface area contributed by atoms with Crippen LogP contribution in [0, 0.1) is 17.3 Å². The van der Waals surface area contributed by atoms with Crippen molar-refractivity contribution in [1.29, 1.82) is 0 Å². The standard InChI is InChI=1S/C13H21NO4/c1-7-8(2)10(16)14(9(7)15)13(5,6)12(3,4)11(17)18/h7-8H,1-6H3,(H,17,18). The Morgan fingerprint density at radius 3 is 1.67 bits per heavy atom. The summed E-state index contributed by atoms with van der Waals surface area (Å²) >= 11 is 0. The van der Waals surface area contributed by atoms with Crippen LogP contribution in [0.1, 0.15) is 41.5 Å². The van der Waals surface area contributed by atoms with E-state index in [2.05, 4.69) is 0 Å². The van der Waals surface area contributed by atoms with E-state index in [-0.39, 0.29) is 23.7 Å². The summed E-state index contributed by atoms with van der Waals surface area (Å²) in [4.78, 5) is 36.8. The molecule has 2 amide bonds. The van der Waals surface area contributed by atoms with Crippen molar-refractivity contribution in [2.45, 2.75) is 47.1 Å². The van der Waals surface area contributed by atoms with Crippen LogP contribution < -0.4 is 0 Å². The van der Waals surface area contributed by atoms with Gasteiger partial charge in [-0.15, -0.1) is 0 Å². The molecule has 102 valence electrons. The molecular weight excluding hydrogens is 234 g/mol. The molecule has 0 saturated carbocycles. The lowest BCUT2D eigenvalue weighted by atomic mass is 9.73. The Morgan fingerprint density at radius 1 is 1.06 bits per heavy atom. The largest absolute Gasteiger partial charge is 0.481 e. The molecule has 1 aliphatic heterocycles. The van der Waals surface area contributed by atoms with Crippen molar-refractivity contribution < 1.29 is 19.5 Å². The number of imide groups is 1. The van der Waals surface area contributed by atoms with E-state index in [4.69, 9.17) is 0 Å². The predicted octanol–water partition coefficient (Wildman–Crippen LogP) is 1.52. The van der Waals surface area contributed by atoms with Gasteiger partial charge in [-0.05, 0) is 27.7 Å². The molecule has 18 heavy (non-hydrogen) atoms. The Labute approximate surface area is 107 Å². The van der Waals surface area contributed by atoms with E-state index < -0.39 is 16.9 Å². The zero-order valence-electron chi connectivity index (χ0n) is 11.8. The maximum Gasteiger partial charge on any atom is 0.311 e. The summed E-state index contributed by atoms with van der Waals surface area (Å²) < 4.78 is 0. The number of carboxylic acid groups (broad SMARTS) is 1. The fraction of sp³-hybridized carbons (Fsp3) is 0.769. The first kappa shape index (κ1) is 14.7. The van der Waals surface area contributed by atoms with Crippen LogP contribution in [0.25, 0.3) is 0 Å². The van der Waals surface area contributed by atoms with Gasteiger partial charge in [0, 0.05) is 11.8 Å². The molecule has 0 aromatic rings. The number of carbonyl (C=O) groups is 3. The Hall–Kier alpha value is -1.39. The van der Waals surface area contributed by atoms with E-state index in [0.29, 0.717) is 0 Å². The summed E-state index contributed by atoms with van der Waals surface area (Å²) in [6, 6.07) is 0. The number of rotatable bonds is 3. The molecule has 0 spiro atoms. The lowest BCUT2D eigenvalue weighted by Crippen LogP contribution is -2.59. The minimum atomic E-state index is -1.21. The van der Waals surface area contributed by atoms with Crippen molar-refractivity contribution in [2.75, 3.05) is 0 Å². The van der Waals surface area contributed by atoms with Crippen molar-refractivity contribution in [3.8, 4) is 0 Å². The molecule has 5 heteroatoms. The van der Waals surface area contributed by atoms with Crippen molar-refractivity contribution in [3.63, 3.8) is 0 Å². The average Bonchev–Trinajstić information content (AvgIpc) is 2.43. The first-order valence-corrected chi connectivity index (χ1v) is 6.07. The van der Waals surface area contributed by atoms with Crippen LogP contribution in [0.3, 0.4) is 0 Å². The molecule has 1 saturated heterocycles. The summed E-state index contributed by atoms with van der Waals surface area (Å²) in [5.41, 5.74) is -2.27. The number of carbonyl (C=O) groups excluding carboxylic acids is 2. The number of amides is 2. The van der Waals surface area contributed by atoms with Crippen LogP contribution in [-0.2, 0) is 14.4 Å². The van der Waals surface area contributed by atoms with Gasteiger partial charge in [0.1, 0.15) is 0 Å². The SMILES string of the molecule is CC1C(=O)N(C(C)(C)C(C)(C)C(=O)O)C(=O)C1C. The van der Waals surface area contributed by atoms with Gasteiger partial charge < -0.3 is 5.11 Å². The summed E-state index contributed by atoms with van der Waals surface area (Å²) in [7, 11) is 0. The van der Waals surface area contributed by atoms with Crippen LogP contribution in [0.5, 0.6) is 0 Å². The lowest BCUT2D eigenvalue weighted by molar-refractivity contribution is -0.162. The molecule has 0 bridgehead atoms. The van der Waals surface area contributed by atoms with Gasteiger partial charge in [0.05, 0.1) is 11.0 Å². The number of nitrogens with zero attached hydrogens (tertiary/aromatic N) is 1. The summed E-state index contributed by atoms with van der Waals surface area (Å²) in [6.45, 7) is 9.72. The predicted molar refractivity (Wildman–Crippen MR) is 65.7 cm³/mol. The highest BCUT2D eigenvalue weighted by Crippen LogP contribution is 2.41. The molecule has 1 N–H and O–H groups in total. The Kier molecular flexibility index (Phi) is 3.32. The van der Waals surface area contributed by atoms with Crippen LogP contribution in [-0.4, -0.2) is 33.3 Å². The first-order valence-electron chi connectivity index (χ1n) is 6.07. The van der Waals surface area contributed by atoms with Crippen LogP contribution in [0.4, 0.5) is 0 Å². The van der Waals surface area contributed by atoms with E-state index in [1.165, 1.54) is 13.8 Å². The Balaban J connectivity index is 3.26. The lowest BCUT2D eigenvalue weighted by Gasteiger charge is -2.44. The summed E-state index contributed by atoms with van der Waals surface area (Å²) in [5.74, 6) is -2.37. The van der Waals surface area contributed by atoms with Gasteiger partial charge in [-0.1, -0.05) is 13.8 Å². The fourth-order valence-electron chi connectivity index (χ4n) is 2.04. The zero-order chi connectivity index (χ0) is 14.5. The minimum Gasteiger partial charge on any atom is -0.481 e. The van der Waals surface area contributed by atoms with E-state index >= 15 is 0 Å². The number of aliphatic carboxylic acids is 1. The summed E-state index contributed by atoms with van der Waals surface area (Å²) in [6.07, 6.45) is 0. The van der Waals surface area contributed by atoms with Crippen LogP contribution in [0.2, 0.25) is 0 Å². The number of hydrogen-bond acceptors (Lipinski definition) is 3. The number of carboxylic acids is 1. The van der Waals surface area contributed by atoms with E-state index in [1.54, 1.807) is 27.7 Å². The first-order chi connectivity index (χ1) is 7.96. The molecule has 2 atom stereocenters. The smallest absolute Gasteiger partial charge is 0.311 e. The van der Waals surface area contributed by atoms with Crippen molar-refractivity contribution in [1.82, 2.24) is 4.90 Å².